The number of nitrogens with one attached hydrogen (secondary N) is 1. The van der Waals surface area contributed by atoms with Gasteiger partial charge in [0.05, 0.1) is 6.42 Å². The van der Waals surface area contributed by atoms with Crippen LogP contribution in [0.25, 0.3) is 0 Å². The minimum atomic E-state index is -0.679. The third-order valence-corrected chi connectivity index (χ3v) is 7.52. The van der Waals surface area contributed by atoms with E-state index in [1.807, 2.05) is 41.8 Å². The summed E-state index contributed by atoms with van der Waals surface area (Å²) in [6.07, 6.45) is 9.88. The van der Waals surface area contributed by atoms with Crippen molar-refractivity contribution in [2.75, 3.05) is 6.54 Å². The fourth-order valence-electron chi connectivity index (χ4n) is 4.74. The van der Waals surface area contributed by atoms with Crippen LogP contribution in [0.4, 0.5) is 0 Å². The summed E-state index contributed by atoms with van der Waals surface area (Å²) in [5.41, 5.74) is 3.19. The Morgan fingerprint density at radius 3 is 2.53 bits per heavy atom. The van der Waals surface area contributed by atoms with Crippen LogP contribution in [0, 0.1) is 6.92 Å². The summed E-state index contributed by atoms with van der Waals surface area (Å²) >= 11 is 1.57. The second kappa shape index (κ2) is 11.9. The number of hydrogen-bond acceptors (Lipinski definition) is 4. The molecule has 0 aliphatic heterocycles. The number of pyridine rings is 1. The number of nitrogens with zero attached hydrogens (tertiary/aromatic N) is 2. The van der Waals surface area contributed by atoms with Crippen molar-refractivity contribution in [3.63, 3.8) is 0 Å². The fraction of sp³-hybridized carbons (Fsp3) is 0.393. The lowest BCUT2D eigenvalue weighted by Gasteiger charge is -2.33. The zero-order valence-electron chi connectivity index (χ0n) is 19.8. The molecule has 34 heavy (non-hydrogen) atoms. The van der Waals surface area contributed by atoms with E-state index in [0.717, 1.165) is 36.1 Å². The molecule has 0 unspecified atom stereocenters. The number of thiophene rings is 1. The van der Waals surface area contributed by atoms with Crippen LogP contribution >= 0.6 is 11.3 Å². The predicted molar refractivity (Wildman–Crippen MR) is 137 cm³/mol. The second-order valence-electron chi connectivity index (χ2n) is 9.05. The van der Waals surface area contributed by atoms with Crippen molar-refractivity contribution in [3.05, 3.63) is 87.9 Å². The van der Waals surface area contributed by atoms with E-state index in [4.69, 9.17) is 0 Å². The van der Waals surface area contributed by atoms with Gasteiger partial charge in [-0.2, -0.15) is 0 Å². The summed E-state index contributed by atoms with van der Waals surface area (Å²) in [4.78, 5) is 34.3. The van der Waals surface area contributed by atoms with Crippen LogP contribution in [0.1, 0.15) is 59.7 Å². The van der Waals surface area contributed by atoms with Crippen LogP contribution in [-0.2, 0) is 22.4 Å². The third kappa shape index (κ3) is 6.32. The molecule has 1 aliphatic rings. The van der Waals surface area contributed by atoms with E-state index in [9.17, 15) is 9.59 Å². The van der Waals surface area contributed by atoms with E-state index in [0.29, 0.717) is 19.4 Å². The van der Waals surface area contributed by atoms with Crippen LogP contribution in [-0.4, -0.2) is 34.3 Å². The summed E-state index contributed by atoms with van der Waals surface area (Å²) in [6.45, 7) is 2.56. The molecule has 1 N–H and O–H groups in total. The van der Waals surface area contributed by atoms with Crippen molar-refractivity contribution in [2.24, 2.45) is 0 Å². The Bertz CT molecular complexity index is 1060. The van der Waals surface area contributed by atoms with E-state index in [1.54, 1.807) is 28.6 Å². The molecule has 4 rings (SSSR count). The highest BCUT2D eigenvalue weighted by atomic mass is 32.1. The summed E-state index contributed by atoms with van der Waals surface area (Å²) in [5, 5.41) is 5.25. The van der Waals surface area contributed by atoms with E-state index in [1.165, 1.54) is 17.5 Å². The molecule has 178 valence electrons. The highest BCUT2D eigenvalue weighted by Crippen LogP contribution is 2.26. The predicted octanol–water partition coefficient (Wildman–Crippen LogP) is 5.26. The van der Waals surface area contributed by atoms with Crippen LogP contribution in [0.3, 0.4) is 0 Å². The van der Waals surface area contributed by atoms with Gasteiger partial charge in [0, 0.05) is 29.9 Å². The first-order valence-electron chi connectivity index (χ1n) is 12.2. The Morgan fingerprint density at radius 2 is 1.82 bits per heavy atom. The molecule has 2 heterocycles. The van der Waals surface area contributed by atoms with Gasteiger partial charge in [0.25, 0.3) is 0 Å². The Hall–Kier alpha value is -2.99. The Kier molecular flexibility index (Phi) is 8.47. The zero-order valence-corrected chi connectivity index (χ0v) is 20.6. The number of amides is 2. The summed E-state index contributed by atoms with van der Waals surface area (Å²) < 4.78 is 0. The van der Waals surface area contributed by atoms with Gasteiger partial charge in [-0.15, -0.1) is 11.3 Å². The number of carbonyl (C=O) groups excluding carboxylic acids is 2. The molecule has 2 amide bonds. The molecule has 0 spiro atoms. The summed E-state index contributed by atoms with van der Waals surface area (Å²) in [6, 6.07) is 15.4. The number of carbonyl (C=O) groups is 2. The molecule has 0 bridgehead atoms. The Morgan fingerprint density at radius 1 is 1.06 bits per heavy atom. The Balaban J connectivity index is 1.63. The van der Waals surface area contributed by atoms with Gasteiger partial charge in [0.15, 0.2) is 0 Å². The van der Waals surface area contributed by atoms with Gasteiger partial charge in [0.1, 0.15) is 6.04 Å². The molecule has 1 aliphatic carbocycles. The van der Waals surface area contributed by atoms with Crippen molar-refractivity contribution in [3.8, 4) is 0 Å². The van der Waals surface area contributed by atoms with Crippen LogP contribution in [0.2, 0.25) is 0 Å². The number of aryl methyl sites for hydroxylation is 1. The number of aromatic nitrogens is 1. The molecular weight excluding hydrogens is 442 g/mol. The average Bonchev–Trinajstić information content (AvgIpc) is 3.36. The number of rotatable bonds is 9. The molecule has 1 saturated carbocycles. The normalized spacial score (nSPS) is 15.0. The van der Waals surface area contributed by atoms with Gasteiger partial charge in [-0.25, -0.2) is 0 Å². The number of hydrogen-bond donors (Lipinski definition) is 1. The van der Waals surface area contributed by atoms with Crippen molar-refractivity contribution in [2.45, 2.75) is 64.0 Å². The first-order valence-corrected chi connectivity index (χ1v) is 13.1. The van der Waals surface area contributed by atoms with Gasteiger partial charge in [-0.1, -0.05) is 49.6 Å². The zero-order chi connectivity index (χ0) is 23.8. The Labute approximate surface area is 206 Å². The minimum Gasteiger partial charge on any atom is -0.351 e. The average molecular weight is 476 g/mol. The van der Waals surface area contributed by atoms with E-state index in [2.05, 4.69) is 29.4 Å². The number of benzene rings is 1. The summed E-state index contributed by atoms with van der Waals surface area (Å²) in [7, 11) is 0. The monoisotopic (exact) mass is 475 g/mol. The van der Waals surface area contributed by atoms with Crippen LogP contribution in [0.15, 0.2) is 66.3 Å². The molecule has 2 aromatic heterocycles. The lowest BCUT2D eigenvalue weighted by molar-refractivity contribution is -0.140. The van der Waals surface area contributed by atoms with Crippen molar-refractivity contribution in [1.29, 1.82) is 0 Å². The second-order valence-corrected chi connectivity index (χ2v) is 10.1. The minimum absolute atomic E-state index is 0.0309. The molecule has 3 aromatic rings. The summed E-state index contributed by atoms with van der Waals surface area (Å²) in [5.74, 6) is -0.126. The van der Waals surface area contributed by atoms with Crippen LogP contribution < -0.4 is 5.32 Å². The van der Waals surface area contributed by atoms with Crippen molar-refractivity contribution < 1.29 is 9.59 Å². The van der Waals surface area contributed by atoms with E-state index >= 15 is 0 Å². The highest BCUT2D eigenvalue weighted by molar-refractivity contribution is 7.10. The van der Waals surface area contributed by atoms with Gasteiger partial charge >= 0.3 is 0 Å². The first kappa shape index (κ1) is 24.1. The van der Waals surface area contributed by atoms with Crippen LogP contribution in [0.5, 0.6) is 0 Å². The quantitative estimate of drug-likeness (QED) is 0.459. The van der Waals surface area contributed by atoms with Crippen molar-refractivity contribution in [1.82, 2.24) is 15.2 Å². The largest absolute Gasteiger partial charge is 0.351 e. The van der Waals surface area contributed by atoms with Gasteiger partial charge < -0.3 is 10.2 Å². The fourth-order valence-corrected chi connectivity index (χ4v) is 5.43. The maximum atomic E-state index is 13.7. The molecular formula is C28H33N3O2S. The van der Waals surface area contributed by atoms with E-state index in [-0.39, 0.29) is 17.9 Å². The molecule has 1 fully saturated rings. The maximum Gasteiger partial charge on any atom is 0.247 e. The molecule has 5 nitrogen and oxygen atoms in total. The molecule has 0 saturated heterocycles. The van der Waals surface area contributed by atoms with Crippen molar-refractivity contribution >= 4 is 23.2 Å². The topological polar surface area (TPSA) is 62.3 Å². The van der Waals surface area contributed by atoms with Gasteiger partial charge in [-0.3, -0.25) is 14.6 Å². The lowest BCUT2D eigenvalue weighted by Crippen LogP contribution is -2.48. The molecule has 6 heteroatoms. The first-order chi connectivity index (χ1) is 16.6. The van der Waals surface area contributed by atoms with Gasteiger partial charge in [-0.05, 0) is 66.5 Å². The molecule has 1 aromatic carbocycles. The molecule has 1 atom stereocenters. The van der Waals surface area contributed by atoms with E-state index < -0.39 is 6.04 Å². The van der Waals surface area contributed by atoms with Gasteiger partial charge in [0.2, 0.25) is 11.8 Å². The third-order valence-electron chi connectivity index (χ3n) is 6.64. The maximum absolute atomic E-state index is 13.7. The SMILES string of the molecule is Cc1ccccc1CCN(C(=O)Cc1cccs1)[C@H](C(=O)NC1CCCCC1)c1ccncc1. The standard InChI is InChI=1S/C28H33N3O2S/c1-21-8-5-6-9-22(21)15-18-31(26(32)20-25-12-7-19-34-25)27(23-13-16-29-17-14-23)28(33)30-24-10-3-2-4-11-24/h5-9,12-14,16-17,19,24,27H,2-4,10-11,15,18,20H2,1H3,(H,30,33)/t27-/m0/s1. The smallest absolute Gasteiger partial charge is 0.247 e. The molecule has 0 radical (unpaired) electrons. The lowest BCUT2D eigenvalue weighted by atomic mass is 9.94. The highest BCUT2D eigenvalue weighted by Gasteiger charge is 2.32.